The molecule has 2 nitrogen and oxygen atoms in total. The largest absolute Gasteiger partial charge is 0.327 e. The SMILES string of the molecule is CCCCS(=O)CC(N)C(C)C. The van der Waals surface area contributed by atoms with Crippen LogP contribution in [-0.4, -0.2) is 21.8 Å². The molecule has 2 unspecified atom stereocenters. The molecule has 74 valence electrons. The highest BCUT2D eigenvalue weighted by atomic mass is 32.2. The Balaban J connectivity index is 3.54. The van der Waals surface area contributed by atoms with Gasteiger partial charge in [0.1, 0.15) is 0 Å². The Bertz CT molecular complexity index is 136. The fraction of sp³-hybridized carbons (Fsp3) is 1.00. The van der Waals surface area contributed by atoms with E-state index in [1.807, 2.05) is 0 Å². The monoisotopic (exact) mass is 191 g/mol. The van der Waals surface area contributed by atoms with E-state index in [9.17, 15) is 4.21 Å². The van der Waals surface area contributed by atoms with Crippen LogP contribution < -0.4 is 5.73 Å². The summed E-state index contributed by atoms with van der Waals surface area (Å²) in [4.78, 5) is 0. The van der Waals surface area contributed by atoms with Crippen LogP contribution >= 0.6 is 0 Å². The first kappa shape index (κ1) is 12.1. The van der Waals surface area contributed by atoms with E-state index in [0.29, 0.717) is 11.7 Å². The van der Waals surface area contributed by atoms with Gasteiger partial charge in [0.15, 0.2) is 0 Å². The molecule has 3 heteroatoms. The van der Waals surface area contributed by atoms with Crippen LogP contribution in [0.2, 0.25) is 0 Å². The molecule has 0 radical (unpaired) electrons. The highest BCUT2D eigenvalue weighted by molar-refractivity contribution is 7.85. The Morgan fingerprint density at radius 2 is 2.00 bits per heavy atom. The average Bonchev–Trinajstić information content (AvgIpc) is 2.00. The van der Waals surface area contributed by atoms with Crippen molar-refractivity contribution >= 4 is 10.8 Å². The third-order valence-corrected chi connectivity index (χ3v) is 3.46. The molecule has 0 heterocycles. The summed E-state index contributed by atoms with van der Waals surface area (Å²) in [6.07, 6.45) is 2.17. The first-order valence-electron chi connectivity index (χ1n) is 4.68. The molecule has 0 saturated heterocycles. The number of unbranched alkanes of at least 4 members (excludes halogenated alkanes) is 1. The van der Waals surface area contributed by atoms with E-state index in [1.165, 1.54) is 0 Å². The van der Waals surface area contributed by atoms with Gasteiger partial charge in [-0.1, -0.05) is 27.2 Å². The lowest BCUT2D eigenvalue weighted by atomic mass is 10.1. The number of nitrogens with two attached hydrogens (primary N) is 1. The molecule has 0 aromatic carbocycles. The van der Waals surface area contributed by atoms with Crippen LogP contribution in [0.4, 0.5) is 0 Å². The zero-order valence-corrected chi connectivity index (χ0v) is 9.19. The van der Waals surface area contributed by atoms with Crippen LogP contribution in [0.15, 0.2) is 0 Å². The summed E-state index contributed by atoms with van der Waals surface area (Å²) < 4.78 is 11.3. The van der Waals surface area contributed by atoms with Crippen molar-refractivity contribution in [1.82, 2.24) is 0 Å². The summed E-state index contributed by atoms with van der Waals surface area (Å²) in [5.74, 6) is 1.92. The second-order valence-electron chi connectivity index (χ2n) is 3.57. The van der Waals surface area contributed by atoms with Gasteiger partial charge in [0.2, 0.25) is 0 Å². The van der Waals surface area contributed by atoms with Crippen LogP contribution in [0, 0.1) is 5.92 Å². The van der Waals surface area contributed by atoms with Gasteiger partial charge in [-0.25, -0.2) is 0 Å². The molecule has 0 aliphatic carbocycles. The molecule has 0 aromatic rings. The number of rotatable bonds is 6. The molecule has 0 aromatic heterocycles. The topological polar surface area (TPSA) is 43.1 Å². The van der Waals surface area contributed by atoms with Crippen LogP contribution in [0.1, 0.15) is 33.6 Å². The Kier molecular flexibility index (Phi) is 6.67. The van der Waals surface area contributed by atoms with Crippen LogP contribution in [0.5, 0.6) is 0 Å². The molecule has 0 amide bonds. The van der Waals surface area contributed by atoms with E-state index in [0.717, 1.165) is 18.6 Å². The second kappa shape index (κ2) is 6.61. The van der Waals surface area contributed by atoms with E-state index in [-0.39, 0.29) is 6.04 Å². The molecule has 0 aliphatic rings. The first-order chi connectivity index (χ1) is 5.57. The van der Waals surface area contributed by atoms with E-state index >= 15 is 0 Å². The van der Waals surface area contributed by atoms with Gasteiger partial charge in [0, 0.05) is 28.3 Å². The van der Waals surface area contributed by atoms with Gasteiger partial charge in [-0.3, -0.25) is 4.21 Å². The van der Waals surface area contributed by atoms with E-state index in [4.69, 9.17) is 5.73 Å². The minimum atomic E-state index is -0.696. The van der Waals surface area contributed by atoms with Crippen molar-refractivity contribution in [2.24, 2.45) is 11.7 Å². The van der Waals surface area contributed by atoms with Crippen molar-refractivity contribution in [2.75, 3.05) is 11.5 Å². The van der Waals surface area contributed by atoms with Crippen molar-refractivity contribution < 1.29 is 4.21 Å². The van der Waals surface area contributed by atoms with Crippen LogP contribution in [0.25, 0.3) is 0 Å². The summed E-state index contributed by atoms with van der Waals surface area (Å²) in [7, 11) is -0.696. The molecule has 0 rings (SSSR count). The molecular weight excluding hydrogens is 170 g/mol. The summed E-state index contributed by atoms with van der Waals surface area (Å²) in [6.45, 7) is 6.25. The maximum Gasteiger partial charge on any atom is 0.0389 e. The van der Waals surface area contributed by atoms with Gasteiger partial charge < -0.3 is 5.73 Å². The smallest absolute Gasteiger partial charge is 0.0389 e. The standard InChI is InChI=1S/C9H21NOS/c1-4-5-6-12(11)7-9(10)8(2)3/h8-9H,4-7,10H2,1-3H3. The van der Waals surface area contributed by atoms with Gasteiger partial charge in [0.25, 0.3) is 0 Å². The molecule has 0 saturated carbocycles. The van der Waals surface area contributed by atoms with Crippen LogP contribution in [-0.2, 0) is 10.8 Å². The highest BCUT2D eigenvalue weighted by Crippen LogP contribution is 2.01. The minimum absolute atomic E-state index is 0.0997. The normalized spacial score (nSPS) is 16.4. The minimum Gasteiger partial charge on any atom is -0.327 e. The van der Waals surface area contributed by atoms with Gasteiger partial charge in [-0.2, -0.15) is 0 Å². The highest BCUT2D eigenvalue weighted by Gasteiger charge is 2.10. The Labute approximate surface area is 78.4 Å². The van der Waals surface area contributed by atoms with Gasteiger partial charge in [0.05, 0.1) is 0 Å². The number of hydrogen-bond acceptors (Lipinski definition) is 2. The first-order valence-corrected chi connectivity index (χ1v) is 6.17. The van der Waals surface area contributed by atoms with Gasteiger partial charge >= 0.3 is 0 Å². The Hall–Kier alpha value is 0.110. The molecule has 0 spiro atoms. The zero-order valence-electron chi connectivity index (χ0n) is 8.38. The molecule has 0 bridgehead atoms. The Morgan fingerprint density at radius 1 is 1.42 bits per heavy atom. The molecular formula is C9H21NOS. The predicted molar refractivity (Wildman–Crippen MR) is 55.6 cm³/mol. The number of hydrogen-bond donors (Lipinski definition) is 1. The van der Waals surface area contributed by atoms with E-state index < -0.39 is 10.8 Å². The average molecular weight is 191 g/mol. The molecule has 2 atom stereocenters. The van der Waals surface area contributed by atoms with E-state index in [1.54, 1.807) is 0 Å². The Morgan fingerprint density at radius 3 is 2.42 bits per heavy atom. The molecule has 0 fully saturated rings. The van der Waals surface area contributed by atoms with Gasteiger partial charge in [-0.05, 0) is 12.3 Å². The summed E-state index contributed by atoms with van der Waals surface area (Å²) in [5.41, 5.74) is 5.80. The zero-order chi connectivity index (χ0) is 9.56. The lowest BCUT2D eigenvalue weighted by Gasteiger charge is -2.14. The molecule has 0 aliphatic heterocycles. The van der Waals surface area contributed by atoms with Crippen molar-refractivity contribution in [3.63, 3.8) is 0 Å². The maximum atomic E-state index is 11.3. The third-order valence-electron chi connectivity index (χ3n) is 1.96. The fourth-order valence-electron chi connectivity index (χ4n) is 0.796. The summed E-state index contributed by atoms with van der Waals surface area (Å²) >= 11 is 0. The van der Waals surface area contributed by atoms with Crippen molar-refractivity contribution in [2.45, 2.75) is 39.7 Å². The lowest BCUT2D eigenvalue weighted by Crippen LogP contribution is -2.33. The lowest BCUT2D eigenvalue weighted by molar-refractivity contribution is 0.529. The van der Waals surface area contributed by atoms with Crippen LogP contribution in [0.3, 0.4) is 0 Å². The van der Waals surface area contributed by atoms with Crippen molar-refractivity contribution in [3.8, 4) is 0 Å². The molecule has 2 N–H and O–H groups in total. The fourth-order valence-corrected chi connectivity index (χ4v) is 2.39. The van der Waals surface area contributed by atoms with Gasteiger partial charge in [-0.15, -0.1) is 0 Å². The molecule has 12 heavy (non-hydrogen) atoms. The maximum absolute atomic E-state index is 11.3. The van der Waals surface area contributed by atoms with Crippen molar-refractivity contribution in [1.29, 1.82) is 0 Å². The van der Waals surface area contributed by atoms with Crippen molar-refractivity contribution in [3.05, 3.63) is 0 Å². The summed E-state index contributed by atoms with van der Waals surface area (Å²) in [5, 5.41) is 0. The third kappa shape index (κ3) is 5.72. The predicted octanol–water partition coefficient (Wildman–Crippen LogP) is 1.52. The van der Waals surface area contributed by atoms with E-state index in [2.05, 4.69) is 20.8 Å². The second-order valence-corrected chi connectivity index (χ2v) is 5.19. The summed E-state index contributed by atoms with van der Waals surface area (Å²) in [6, 6.07) is 0.0997. The quantitative estimate of drug-likeness (QED) is 0.691.